The summed E-state index contributed by atoms with van der Waals surface area (Å²) in [4.78, 5) is 11.8. The first-order chi connectivity index (χ1) is 8.34. The molecule has 0 atom stereocenters. The highest BCUT2D eigenvalue weighted by molar-refractivity contribution is 5.45. The van der Waals surface area contributed by atoms with Gasteiger partial charge in [-0.1, -0.05) is 0 Å². The van der Waals surface area contributed by atoms with Crippen LogP contribution in [0.2, 0.25) is 0 Å². The molecule has 1 heterocycles. The minimum atomic E-state index is -1.32. The summed E-state index contributed by atoms with van der Waals surface area (Å²) < 4.78 is 41.7. The summed E-state index contributed by atoms with van der Waals surface area (Å²) in [6.07, 6.45) is 0. The average molecular weight is 257 g/mol. The van der Waals surface area contributed by atoms with Crippen LogP contribution in [0.5, 0.6) is 0 Å². The zero-order chi connectivity index (χ0) is 13.6. The SMILES string of the molecule is Cc1c(N)c(=O)n(-c2cc(F)c(F)cc2F)n1C. The molecule has 4 nitrogen and oxygen atoms in total. The van der Waals surface area contributed by atoms with E-state index < -0.39 is 23.0 Å². The number of nitrogens with two attached hydrogens (primary N) is 1. The molecule has 0 saturated carbocycles. The lowest BCUT2D eigenvalue weighted by molar-refractivity contribution is 0.486. The van der Waals surface area contributed by atoms with Gasteiger partial charge in [0.15, 0.2) is 17.5 Å². The average Bonchev–Trinajstić information content (AvgIpc) is 2.50. The molecule has 0 radical (unpaired) electrons. The lowest BCUT2D eigenvalue weighted by Gasteiger charge is -2.09. The van der Waals surface area contributed by atoms with Crippen molar-refractivity contribution < 1.29 is 13.2 Å². The van der Waals surface area contributed by atoms with E-state index in [0.29, 0.717) is 17.8 Å². The first kappa shape index (κ1) is 12.3. The van der Waals surface area contributed by atoms with Gasteiger partial charge in [0, 0.05) is 19.2 Å². The monoisotopic (exact) mass is 257 g/mol. The van der Waals surface area contributed by atoms with Crippen LogP contribution in [0, 0.1) is 24.4 Å². The Morgan fingerprint density at radius 3 is 2.17 bits per heavy atom. The van der Waals surface area contributed by atoms with Crippen LogP contribution in [0.4, 0.5) is 18.9 Å². The first-order valence-electron chi connectivity index (χ1n) is 5.03. The predicted molar refractivity (Wildman–Crippen MR) is 60.0 cm³/mol. The molecule has 0 saturated heterocycles. The number of anilines is 1. The molecule has 1 aromatic heterocycles. The second-order valence-electron chi connectivity index (χ2n) is 3.86. The minimum absolute atomic E-state index is 0.0679. The van der Waals surface area contributed by atoms with Gasteiger partial charge in [-0.05, 0) is 6.92 Å². The number of halogens is 3. The topological polar surface area (TPSA) is 53.0 Å². The highest BCUT2D eigenvalue weighted by Crippen LogP contribution is 2.18. The largest absolute Gasteiger partial charge is 0.393 e. The van der Waals surface area contributed by atoms with Crippen molar-refractivity contribution in [1.29, 1.82) is 0 Å². The van der Waals surface area contributed by atoms with E-state index in [1.165, 1.54) is 11.7 Å². The van der Waals surface area contributed by atoms with E-state index in [9.17, 15) is 18.0 Å². The van der Waals surface area contributed by atoms with Crippen LogP contribution in [0.25, 0.3) is 5.69 Å². The molecular weight excluding hydrogens is 247 g/mol. The zero-order valence-corrected chi connectivity index (χ0v) is 9.67. The lowest BCUT2D eigenvalue weighted by Crippen LogP contribution is -2.22. The molecule has 0 amide bonds. The van der Waals surface area contributed by atoms with Crippen molar-refractivity contribution in [2.45, 2.75) is 6.92 Å². The van der Waals surface area contributed by atoms with Crippen LogP contribution in [-0.4, -0.2) is 9.36 Å². The molecule has 2 N–H and O–H groups in total. The summed E-state index contributed by atoms with van der Waals surface area (Å²) in [5.74, 6) is -3.60. The maximum absolute atomic E-state index is 13.6. The Bertz CT molecular complexity index is 688. The third-order valence-electron chi connectivity index (χ3n) is 2.82. The van der Waals surface area contributed by atoms with Crippen molar-refractivity contribution in [2.75, 3.05) is 5.73 Å². The number of nitrogens with zero attached hydrogens (tertiary/aromatic N) is 2. The van der Waals surface area contributed by atoms with Gasteiger partial charge < -0.3 is 5.73 Å². The van der Waals surface area contributed by atoms with Crippen molar-refractivity contribution in [3.05, 3.63) is 45.6 Å². The maximum Gasteiger partial charge on any atom is 0.294 e. The molecule has 1 aromatic carbocycles. The van der Waals surface area contributed by atoms with Crippen LogP contribution in [-0.2, 0) is 7.05 Å². The van der Waals surface area contributed by atoms with Gasteiger partial charge >= 0.3 is 0 Å². The van der Waals surface area contributed by atoms with Gasteiger partial charge in [-0.3, -0.25) is 9.48 Å². The van der Waals surface area contributed by atoms with Crippen LogP contribution in [0.15, 0.2) is 16.9 Å². The fourth-order valence-corrected chi connectivity index (χ4v) is 1.67. The minimum Gasteiger partial charge on any atom is -0.393 e. The number of benzene rings is 1. The Labute approximate surface area is 100 Å². The molecular formula is C11H10F3N3O. The Kier molecular flexibility index (Phi) is 2.68. The van der Waals surface area contributed by atoms with E-state index in [4.69, 9.17) is 5.73 Å². The number of nitrogen functional groups attached to an aromatic ring is 1. The Morgan fingerprint density at radius 1 is 1.11 bits per heavy atom. The van der Waals surface area contributed by atoms with E-state index in [0.717, 1.165) is 4.68 Å². The molecule has 0 fully saturated rings. The van der Waals surface area contributed by atoms with E-state index in [1.807, 2.05) is 0 Å². The lowest BCUT2D eigenvalue weighted by atomic mass is 10.3. The molecule has 2 rings (SSSR count). The summed E-state index contributed by atoms with van der Waals surface area (Å²) in [7, 11) is 1.47. The van der Waals surface area contributed by atoms with Gasteiger partial charge in [0.05, 0.1) is 5.69 Å². The molecule has 7 heteroatoms. The fourth-order valence-electron chi connectivity index (χ4n) is 1.67. The molecule has 96 valence electrons. The van der Waals surface area contributed by atoms with Crippen molar-refractivity contribution in [2.24, 2.45) is 7.05 Å². The van der Waals surface area contributed by atoms with Crippen molar-refractivity contribution in [1.82, 2.24) is 9.36 Å². The maximum atomic E-state index is 13.6. The summed E-state index contributed by atoms with van der Waals surface area (Å²) >= 11 is 0. The molecule has 0 aliphatic heterocycles. The van der Waals surface area contributed by atoms with Gasteiger partial charge in [-0.25, -0.2) is 17.9 Å². The first-order valence-corrected chi connectivity index (χ1v) is 5.03. The van der Waals surface area contributed by atoms with Crippen LogP contribution in [0.1, 0.15) is 5.69 Å². The second kappa shape index (κ2) is 3.94. The fraction of sp³-hybridized carbons (Fsp3) is 0.182. The van der Waals surface area contributed by atoms with Gasteiger partial charge in [-0.2, -0.15) is 0 Å². The van der Waals surface area contributed by atoms with Gasteiger partial charge in [0.25, 0.3) is 5.56 Å². The smallest absolute Gasteiger partial charge is 0.294 e. The third kappa shape index (κ3) is 1.59. The molecule has 0 spiro atoms. The van der Waals surface area contributed by atoms with Crippen LogP contribution in [0.3, 0.4) is 0 Å². The molecule has 0 aliphatic rings. The van der Waals surface area contributed by atoms with E-state index in [2.05, 4.69) is 0 Å². The van der Waals surface area contributed by atoms with Gasteiger partial charge in [0.1, 0.15) is 11.4 Å². The van der Waals surface area contributed by atoms with E-state index in [1.54, 1.807) is 6.92 Å². The van der Waals surface area contributed by atoms with Crippen molar-refractivity contribution in [3.63, 3.8) is 0 Å². The van der Waals surface area contributed by atoms with E-state index in [-0.39, 0.29) is 11.4 Å². The Morgan fingerprint density at radius 2 is 1.67 bits per heavy atom. The van der Waals surface area contributed by atoms with Crippen LogP contribution < -0.4 is 11.3 Å². The highest BCUT2D eigenvalue weighted by Gasteiger charge is 2.18. The van der Waals surface area contributed by atoms with Crippen molar-refractivity contribution >= 4 is 5.69 Å². The Balaban J connectivity index is 2.82. The number of rotatable bonds is 1. The number of hydrogen-bond donors (Lipinski definition) is 1. The Hall–Kier alpha value is -2.18. The molecule has 0 bridgehead atoms. The standard InChI is InChI=1S/C11H10F3N3O/c1-5-10(15)11(18)17(16(5)2)9-4-7(13)6(12)3-8(9)14/h3-4H,15H2,1-2H3. The molecule has 2 aromatic rings. The summed E-state index contributed by atoms with van der Waals surface area (Å²) in [6, 6.07) is 1.00. The number of aromatic nitrogens is 2. The van der Waals surface area contributed by atoms with Crippen molar-refractivity contribution in [3.8, 4) is 5.69 Å². The zero-order valence-electron chi connectivity index (χ0n) is 9.67. The summed E-state index contributed by atoms with van der Waals surface area (Å²) in [5.41, 5.74) is 4.78. The quantitative estimate of drug-likeness (QED) is 0.787. The third-order valence-corrected chi connectivity index (χ3v) is 2.82. The molecule has 0 aliphatic carbocycles. The van der Waals surface area contributed by atoms with Gasteiger partial charge in [0.2, 0.25) is 0 Å². The molecule has 18 heavy (non-hydrogen) atoms. The molecule has 0 unspecified atom stereocenters. The number of hydrogen-bond acceptors (Lipinski definition) is 2. The van der Waals surface area contributed by atoms with Crippen LogP contribution >= 0.6 is 0 Å². The van der Waals surface area contributed by atoms with Gasteiger partial charge in [-0.15, -0.1) is 0 Å². The highest BCUT2D eigenvalue weighted by atomic mass is 19.2. The normalized spacial score (nSPS) is 10.9. The van der Waals surface area contributed by atoms with E-state index >= 15 is 0 Å². The second-order valence-corrected chi connectivity index (χ2v) is 3.86. The predicted octanol–water partition coefficient (Wildman–Crippen LogP) is 1.48. The summed E-state index contributed by atoms with van der Waals surface area (Å²) in [5, 5.41) is 0. The summed E-state index contributed by atoms with van der Waals surface area (Å²) in [6.45, 7) is 1.56.